The fraction of sp³-hybridized carbons (Fsp3) is 0.833. The Hall–Kier alpha value is -2.20. The minimum absolute atomic E-state index is 0.0643. The Morgan fingerprint density at radius 3 is 1.76 bits per heavy atom. The number of nitrogens with zero attached hydrogens (tertiary/aromatic N) is 2. The van der Waals surface area contributed by atoms with Crippen LogP contribution < -0.4 is 22.6 Å². The zero-order chi connectivity index (χ0) is 28.1. The molecule has 38 heavy (non-hydrogen) atoms. The van der Waals surface area contributed by atoms with E-state index in [1.54, 1.807) is 18.3 Å². The van der Waals surface area contributed by atoms with Crippen LogP contribution in [0.25, 0.3) is 0 Å². The van der Waals surface area contributed by atoms with Gasteiger partial charge in [0, 0.05) is 33.3 Å². The summed E-state index contributed by atoms with van der Waals surface area (Å²) in [5.41, 5.74) is 11.9. The lowest BCUT2D eigenvalue weighted by atomic mass is 10.2. The van der Waals surface area contributed by atoms with E-state index in [9.17, 15) is 4.79 Å². The van der Waals surface area contributed by atoms with Crippen LogP contribution in [0.1, 0.15) is 26.2 Å². The van der Waals surface area contributed by atoms with E-state index < -0.39 is 0 Å². The number of ether oxygens (including phenoxy) is 7. The number of carbonyl (C=O) groups excluding carboxylic acids is 1. The third kappa shape index (κ3) is 28.4. The van der Waals surface area contributed by atoms with Gasteiger partial charge < -0.3 is 55.0 Å². The molecule has 14 nitrogen and oxygen atoms in total. The zero-order valence-corrected chi connectivity index (χ0v) is 23.2. The summed E-state index contributed by atoms with van der Waals surface area (Å²) in [6.07, 6.45) is 4.42. The van der Waals surface area contributed by atoms with Gasteiger partial charge >= 0.3 is 0 Å². The van der Waals surface area contributed by atoms with Crippen molar-refractivity contribution < 1.29 is 38.0 Å². The van der Waals surface area contributed by atoms with E-state index in [-0.39, 0.29) is 18.5 Å². The maximum absolute atomic E-state index is 10.7. The third-order valence-corrected chi connectivity index (χ3v) is 4.61. The largest absolute Gasteiger partial charge is 0.465 e. The number of nitrogens with two attached hydrogens (primary N) is 3. The number of carbonyl (C=O) groups is 1. The van der Waals surface area contributed by atoms with Crippen molar-refractivity contribution in [1.29, 1.82) is 0 Å². The number of aliphatic imine (C=N–C) groups is 1. The van der Waals surface area contributed by atoms with Crippen molar-refractivity contribution in [3.63, 3.8) is 0 Å². The second-order valence-electron chi connectivity index (χ2n) is 8.01. The number of unbranched alkanes of at least 4 members (excludes halogenated alkanes) is 2. The van der Waals surface area contributed by atoms with E-state index in [2.05, 4.69) is 10.3 Å². The number of nitrogens with one attached hydrogen (secondary N) is 1. The molecule has 0 heterocycles. The molecule has 14 heteroatoms. The maximum atomic E-state index is 10.7. The van der Waals surface area contributed by atoms with E-state index >= 15 is 0 Å². The zero-order valence-electron chi connectivity index (χ0n) is 23.2. The Kier molecular flexibility index (Phi) is 26.2. The van der Waals surface area contributed by atoms with E-state index in [0.29, 0.717) is 98.1 Å². The maximum Gasteiger partial charge on any atom is 0.281 e. The highest BCUT2D eigenvalue weighted by Crippen LogP contribution is 1.99. The molecule has 0 unspecified atom stereocenters. The van der Waals surface area contributed by atoms with Gasteiger partial charge in [-0.05, 0) is 19.3 Å². The number of hydrazine groups is 1. The lowest BCUT2D eigenvalue weighted by Crippen LogP contribution is -2.28. The van der Waals surface area contributed by atoms with E-state index in [0.717, 1.165) is 19.3 Å². The van der Waals surface area contributed by atoms with Gasteiger partial charge in [-0.2, -0.15) is 0 Å². The average Bonchev–Trinajstić information content (AvgIpc) is 2.89. The molecule has 0 aliphatic heterocycles. The van der Waals surface area contributed by atoms with Crippen LogP contribution >= 0.6 is 0 Å². The Labute approximate surface area is 227 Å². The van der Waals surface area contributed by atoms with Gasteiger partial charge in [0.2, 0.25) is 5.91 Å². The molecule has 0 bridgehead atoms. The van der Waals surface area contributed by atoms with Gasteiger partial charge in [0.1, 0.15) is 0 Å². The lowest BCUT2D eigenvalue weighted by Gasteiger charge is -2.15. The van der Waals surface area contributed by atoms with E-state index in [1.165, 1.54) is 6.92 Å². The van der Waals surface area contributed by atoms with Crippen LogP contribution in [0.3, 0.4) is 0 Å². The molecule has 7 N–H and O–H groups in total. The summed E-state index contributed by atoms with van der Waals surface area (Å²) in [7, 11) is 1.59. The molecule has 0 radical (unpaired) electrons. The molecule has 0 rings (SSSR count). The van der Waals surface area contributed by atoms with Gasteiger partial charge in [-0.25, -0.2) is 10.8 Å². The SMILES string of the molecule is CN=C(N)OCCCCCN(N)/C=C(\N)COCCOCCOCCOCCOCCOCCNC(C)=O. The van der Waals surface area contributed by atoms with Crippen molar-refractivity contribution in [2.24, 2.45) is 22.3 Å². The summed E-state index contributed by atoms with van der Waals surface area (Å²) in [5.74, 6) is 5.86. The number of amides is 1. The van der Waals surface area contributed by atoms with Crippen molar-refractivity contribution in [3.8, 4) is 0 Å². The van der Waals surface area contributed by atoms with Crippen LogP contribution in [0.5, 0.6) is 0 Å². The molecular weight excluding hydrogens is 500 g/mol. The molecule has 0 aromatic heterocycles. The minimum atomic E-state index is -0.0643. The first-order valence-corrected chi connectivity index (χ1v) is 13.0. The molecule has 224 valence electrons. The minimum Gasteiger partial charge on any atom is -0.465 e. The number of hydrogen-bond acceptors (Lipinski definition) is 12. The highest BCUT2D eigenvalue weighted by Gasteiger charge is 1.99. The molecule has 0 atom stereocenters. The molecule has 0 spiro atoms. The molecule has 0 saturated heterocycles. The number of hydrogen-bond donors (Lipinski definition) is 4. The van der Waals surface area contributed by atoms with Crippen molar-refractivity contribution >= 4 is 11.9 Å². The van der Waals surface area contributed by atoms with Crippen molar-refractivity contribution in [1.82, 2.24) is 10.3 Å². The summed E-state index contributed by atoms with van der Waals surface area (Å²) in [6, 6.07) is 0.205. The van der Waals surface area contributed by atoms with Crippen LogP contribution in [-0.2, 0) is 38.0 Å². The third-order valence-electron chi connectivity index (χ3n) is 4.61. The van der Waals surface area contributed by atoms with Crippen LogP contribution in [0.4, 0.5) is 0 Å². The second kappa shape index (κ2) is 27.8. The predicted molar refractivity (Wildman–Crippen MR) is 144 cm³/mol. The first-order chi connectivity index (χ1) is 18.5. The predicted octanol–water partition coefficient (Wildman–Crippen LogP) is -0.671. The normalized spacial score (nSPS) is 12.1. The molecular formula is C24H50N6O8. The Morgan fingerprint density at radius 2 is 1.26 bits per heavy atom. The fourth-order valence-corrected chi connectivity index (χ4v) is 2.72. The molecule has 0 saturated carbocycles. The van der Waals surface area contributed by atoms with Gasteiger partial charge in [0.25, 0.3) is 6.02 Å². The van der Waals surface area contributed by atoms with Crippen molar-refractivity contribution in [2.45, 2.75) is 26.2 Å². The fourth-order valence-electron chi connectivity index (χ4n) is 2.72. The Balaban J connectivity index is 3.33. The van der Waals surface area contributed by atoms with Gasteiger partial charge in [0.05, 0.1) is 91.6 Å². The molecule has 0 aromatic rings. The Bertz CT molecular complexity index is 612. The van der Waals surface area contributed by atoms with Crippen molar-refractivity contribution in [2.75, 3.05) is 106 Å². The highest BCUT2D eigenvalue weighted by molar-refractivity contribution is 5.72. The molecule has 0 aromatic carbocycles. The van der Waals surface area contributed by atoms with Crippen LogP contribution in [0.15, 0.2) is 16.9 Å². The van der Waals surface area contributed by atoms with E-state index in [1.807, 2.05) is 0 Å². The Morgan fingerprint density at radius 1 is 0.763 bits per heavy atom. The number of rotatable bonds is 27. The quantitative estimate of drug-likeness (QED) is 0.0332. The summed E-state index contributed by atoms with van der Waals surface area (Å²) >= 11 is 0. The summed E-state index contributed by atoms with van der Waals surface area (Å²) in [6.45, 7) is 8.69. The highest BCUT2D eigenvalue weighted by atomic mass is 16.6. The first kappa shape index (κ1) is 35.8. The molecule has 0 aliphatic rings. The lowest BCUT2D eigenvalue weighted by molar-refractivity contribution is -0.119. The van der Waals surface area contributed by atoms with Gasteiger partial charge in [-0.3, -0.25) is 4.79 Å². The number of amidine groups is 1. The summed E-state index contributed by atoms with van der Waals surface area (Å²) < 4.78 is 37.7. The van der Waals surface area contributed by atoms with Gasteiger partial charge in [-0.15, -0.1) is 0 Å². The molecule has 0 fully saturated rings. The average molecular weight is 551 g/mol. The molecule has 0 aliphatic carbocycles. The first-order valence-electron chi connectivity index (χ1n) is 13.0. The standard InChI is InChI=1S/C24H50N6O8/c1-22(31)29-6-9-32-10-11-33-12-13-34-14-15-35-16-17-36-18-19-37-21-23(25)20-30(27)7-4-3-5-8-38-24(26)28-2/h20H,3-19,21,25,27H2,1-2H3,(H2,26,28)(H,29,31)/b23-20-. The monoisotopic (exact) mass is 550 g/mol. The topological polar surface area (TPSA) is 187 Å². The van der Waals surface area contributed by atoms with E-state index in [4.69, 9.17) is 50.5 Å². The van der Waals surface area contributed by atoms with Gasteiger partial charge in [0.15, 0.2) is 0 Å². The second-order valence-corrected chi connectivity index (χ2v) is 8.01. The summed E-state index contributed by atoms with van der Waals surface area (Å²) in [5, 5.41) is 4.21. The van der Waals surface area contributed by atoms with Crippen LogP contribution in [0.2, 0.25) is 0 Å². The van der Waals surface area contributed by atoms with Gasteiger partial charge in [-0.1, -0.05) is 0 Å². The van der Waals surface area contributed by atoms with Crippen molar-refractivity contribution in [3.05, 3.63) is 11.9 Å². The van der Waals surface area contributed by atoms with Crippen LogP contribution in [0, 0.1) is 0 Å². The molecule has 1 amide bonds. The van der Waals surface area contributed by atoms with Crippen LogP contribution in [-0.4, -0.2) is 123 Å². The smallest absolute Gasteiger partial charge is 0.281 e. The summed E-state index contributed by atoms with van der Waals surface area (Å²) in [4.78, 5) is 14.4.